The number of hydrogen-bond donors (Lipinski definition) is 0. The zero-order valence-electron chi connectivity index (χ0n) is 17.4. The van der Waals surface area contributed by atoms with Gasteiger partial charge in [-0.05, 0) is 24.1 Å². The van der Waals surface area contributed by atoms with Crippen molar-refractivity contribution >= 4 is 23.4 Å². The van der Waals surface area contributed by atoms with Crippen LogP contribution < -0.4 is 4.90 Å². The molecule has 0 N–H and O–H groups in total. The van der Waals surface area contributed by atoms with Gasteiger partial charge in [-0.1, -0.05) is 17.7 Å². The molecule has 13 heteroatoms. The Morgan fingerprint density at radius 2 is 1.70 bits per heavy atom. The van der Waals surface area contributed by atoms with Crippen LogP contribution in [0, 0.1) is 5.92 Å². The minimum atomic E-state index is -5.75. The van der Waals surface area contributed by atoms with Crippen molar-refractivity contribution in [2.45, 2.75) is 31.4 Å². The van der Waals surface area contributed by atoms with Gasteiger partial charge >= 0.3 is 18.4 Å². The van der Waals surface area contributed by atoms with Crippen LogP contribution in [0.5, 0.6) is 0 Å². The van der Waals surface area contributed by atoms with E-state index in [1.54, 1.807) is 12.1 Å². The highest BCUT2D eigenvalue weighted by Crippen LogP contribution is 2.36. The van der Waals surface area contributed by atoms with Crippen LogP contribution in [0.3, 0.4) is 0 Å². The molecule has 1 atom stereocenters. The van der Waals surface area contributed by atoms with E-state index in [1.807, 2.05) is 15.9 Å². The highest BCUT2D eigenvalue weighted by molar-refractivity contribution is 6.30. The van der Waals surface area contributed by atoms with E-state index in [0.717, 1.165) is 22.6 Å². The second-order valence-electron chi connectivity index (χ2n) is 8.14. The topological polar surface area (TPSA) is 36.0 Å². The fraction of sp³-hybridized carbons (Fsp3) is 0.650. The average Bonchev–Trinajstić information content (AvgIpc) is 3.21. The van der Waals surface area contributed by atoms with Gasteiger partial charge in [0.25, 0.3) is 6.10 Å². The summed E-state index contributed by atoms with van der Waals surface area (Å²) in [7, 11) is 0. The van der Waals surface area contributed by atoms with E-state index in [1.165, 1.54) is 0 Å². The van der Waals surface area contributed by atoms with Crippen LogP contribution in [0.4, 0.5) is 41.2 Å². The van der Waals surface area contributed by atoms with Crippen LogP contribution in [0.25, 0.3) is 0 Å². The zero-order valence-corrected chi connectivity index (χ0v) is 18.2. The third-order valence-corrected chi connectivity index (χ3v) is 5.96. The number of anilines is 1. The summed E-state index contributed by atoms with van der Waals surface area (Å²) in [6.45, 7) is 1.55. The molecule has 1 amide bonds. The summed E-state index contributed by atoms with van der Waals surface area (Å²) in [6, 6.07) is 5.34. The van der Waals surface area contributed by atoms with Gasteiger partial charge in [-0.3, -0.25) is 9.29 Å². The Hall–Kier alpha value is -1.95. The number of ether oxygens (including phenoxy) is 1. The third-order valence-electron chi connectivity index (χ3n) is 5.73. The van der Waals surface area contributed by atoms with Gasteiger partial charge in [-0.25, -0.2) is 4.79 Å². The highest BCUT2D eigenvalue weighted by atomic mass is 35.5. The summed E-state index contributed by atoms with van der Waals surface area (Å²) in [5.41, 5.74) is 1.77. The molecule has 2 aliphatic rings. The summed E-state index contributed by atoms with van der Waals surface area (Å²) < 4.78 is 92.6. The lowest BCUT2D eigenvalue weighted by Gasteiger charge is -2.36. The molecule has 33 heavy (non-hydrogen) atoms. The number of carbonyl (C=O) groups excluding carboxylic acids is 1. The quantitative estimate of drug-likeness (QED) is 0.534. The van der Waals surface area contributed by atoms with E-state index >= 15 is 0 Å². The van der Waals surface area contributed by atoms with Crippen LogP contribution in [-0.2, 0) is 11.3 Å². The summed E-state index contributed by atoms with van der Waals surface area (Å²) in [5.74, 6) is -0.0522. The van der Waals surface area contributed by atoms with E-state index in [0.29, 0.717) is 24.7 Å². The van der Waals surface area contributed by atoms with E-state index in [-0.39, 0.29) is 32.1 Å². The van der Waals surface area contributed by atoms with Gasteiger partial charge in [-0.15, -0.1) is 0 Å². The first-order chi connectivity index (χ1) is 15.4. The molecular formula is C20H23ClF7N3O2. The number of benzene rings is 1. The number of nitrogens with zero attached hydrogens (tertiary/aromatic N) is 3. The fourth-order valence-electron chi connectivity index (χ4n) is 3.97. The van der Waals surface area contributed by atoms with Gasteiger partial charge in [0.1, 0.15) is 0 Å². The smallest absolute Gasteiger partial charge is 0.426 e. The van der Waals surface area contributed by atoms with Crippen molar-refractivity contribution in [2.24, 2.45) is 5.92 Å². The van der Waals surface area contributed by atoms with E-state index in [2.05, 4.69) is 4.74 Å². The predicted octanol–water partition coefficient (Wildman–Crippen LogP) is 4.88. The molecule has 0 aromatic heterocycles. The summed E-state index contributed by atoms with van der Waals surface area (Å²) >= 11 is 6.14. The molecule has 2 saturated heterocycles. The van der Waals surface area contributed by atoms with Gasteiger partial charge < -0.3 is 14.5 Å². The SMILES string of the molecule is O=C(OC(C(F)(F)F)C(F)(F)F)N1CCN(Cc2ccc(Cl)cc2N2CCC(CF)C2)CC1. The molecule has 1 unspecified atom stereocenters. The normalized spacial score (nSPS) is 20.6. The summed E-state index contributed by atoms with van der Waals surface area (Å²) in [4.78, 5) is 16.7. The first-order valence-corrected chi connectivity index (χ1v) is 10.7. The molecule has 5 nitrogen and oxygen atoms in total. The van der Waals surface area contributed by atoms with Gasteiger partial charge in [0.15, 0.2) is 0 Å². The van der Waals surface area contributed by atoms with Crippen LogP contribution in [0.2, 0.25) is 5.02 Å². The molecule has 2 fully saturated rings. The molecule has 0 bridgehead atoms. The first kappa shape index (κ1) is 25.7. The Morgan fingerprint density at radius 3 is 2.24 bits per heavy atom. The molecule has 0 radical (unpaired) electrons. The standard InChI is InChI=1S/C20H23ClF7N3O2/c21-15-2-1-14(16(9-15)31-4-3-13(10-22)11-31)12-29-5-7-30(8-6-29)18(32)33-17(19(23,24)25)20(26,27)28/h1-2,9,13,17H,3-8,10-12H2. The second kappa shape index (κ2) is 10.1. The molecule has 0 aliphatic carbocycles. The van der Waals surface area contributed by atoms with Crippen LogP contribution in [0.15, 0.2) is 18.2 Å². The van der Waals surface area contributed by atoms with E-state index in [9.17, 15) is 35.5 Å². The predicted molar refractivity (Wildman–Crippen MR) is 107 cm³/mol. The second-order valence-corrected chi connectivity index (χ2v) is 8.57. The molecular weight excluding hydrogens is 483 g/mol. The maximum atomic E-state index is 13.0. The molecule has 0 spiro atoms. The van der Waals surface area contributed by atoms with Crippen molar-refractivity contribution in [3.05, 3.63) is 28.8 Å². The highest BCUT2D eigenvalue weighted by Gasteiger charge is 2.60. The average molecular weight is 506 g/mol. The molecule has 1 aromatic carbocycles. The minimum absolute atomic E-state index is 0.0522. The van der Waals surface area contributed by atoms with Gasteiger partial charge in [0.2, 0.25) is 0 Å². The number of rotatable bonds is 5. The molecule has 3 rings (SSSR count). The van der Waals surface area contributed by atoms with Gasteiger partial charge in [-0.2, -0.15) is 26.3 Å². The van der Waals surface area contributed by atoms with Crippen molar-refractivity contribution in [3.63, 3.8) is 0 Å². The number of carbonyl (C=O) groups is 1. The van der Waals surface area contributed by atoms with E-state index in [4.69, 9.17) is 11.6 Å². The number of halogens is 8. The molecule has 186 valence electrons. The lowest BCUT2D eigenvalue weighted by atomic mass is 10.1. The Balaban J connectivity index is 1.59. The lowest BCUT2D eigenvalue weighted by Crippen LogP contribution is -2.52. The van der Waals surface area contributed by atoms with Crippen molar-refractivity contribution in [1.82, 2.24) is 9.80 Å². The van der Waals surface area contributed by atoms with Crippen molar-refractivity contribution < 1.29 is 40.3 Å². The maximum absolute atomic E-state index is 13.0. The third kappa shape index (κ3) is 6.56. The number of hydrogen-bond acceptors (Lipinski definition) is 4. The molecule has 0 saturated carbocycles. The van der Waals surface area contributed by atoms with Gasteiger partial charge in [0, 0.05) is 62.4 Å². The summed E-state index contributed by atoms with van der Waals surface area (Å²) in [5, 5.41) is 0.522. The number of piperazine rings is 1. The molecule has 1 aromatic rings. The minimum Gasteiger partial charge on any atom is -0.426 e. The Bertz CT molecular complexity index is 815. The Kier molecular flexibility index (Phi) is 7.87. The van der Waals surface area contributed by atoms with Crippen LogP contribution in [-0.4, -0.2) is 80.3 Å². The lowest BCUT2D eigenvalue weighted by molar-refractivity contribution is -0.308. The van der Waals surface area contributed by atoms with Crippen molar-refractivity contribution in [2.75, 3.05) is 50.8 Å². The number of amides is 1. The maximum Gasteiger partial charge on any atom is 0.434 e. The monoisotopic (exact) mass is 505 g/mol. The first-order valence-electron chi connectivity index (χ1n) is 10.3. The molecule has 2 aliphatic heterocycles. The molecule has 2 heterocycles. The Labute approximate surface area is 191 Å². The van der Waals surface area contributed by atoms with Crippen LogP contribution in [0.1, 0.15) is 12.0 Å². The van der Waals surface area contributed by atoms with Crippen molar-refractivity contribution in [3.8, 4) is 0 Å². The largest absolute Gasteiger partial charge is 0.434 e. The number of alkyl halides is 7. The zero-order chi connectivity index (χ0) is 24.4. The van der Waals surface area contributed by atoms with Crippen LogP contribution >= 0.6 is 11.6 Å². The fourth-order valence-corrected chi connectivity index (χ4v) is 4.13. The Morgan fingerprint density at radius 1 is 1.06 bits per heavy atom. The van der Waals surface area contributed by atoms with Crippen molar-refractivity contribution in [1.29, 1.82) is 0 Å². The van der Waals surface area contributed by atoms with E-state index < -0.39 is 31.2 Å². The summed E-state index contributed by atoms with van der Waals surface area (Å²) in [6.07, 6.45) is -16.6. The van der Waals surface area contributed by atoms with Gasteiger partial charge in [0.05, 0.1) is 6.67 Å².